The Labute approximate surface area is 92.9 Å². The van der Waals surface area contributed by atoms with Crippen molar-refractivity contribution < 1.29 is 0 Å². The quantitative estimate of drug-likeness (QED) is 0.457. The highest BCUT2D eigenvalue weighted by molar-refractivity contribution is 7.71. The van der Waals surface area contributed by atoms with Crippen LogP contribution < -0.4 is 5.09 Å². The molecule has 1 atom stereocenters. The molecule has 1 aliphatic heterocycles. The van der Waals surface area contributed by atoms with Crippen LogP contribution in [0.2, 0.25) is 39.3 Å². The number of rotatable bonds is 3. The minimum absolute atomic E-state index is 0.140. The van der Waals surface area contributed by atoms with Gasteiger partial charge in [0, 0.05) is 5.28 Å². The van der Waals surface area contributed by atoms with Crippen molar-refractivity contribution in [1.82, 2.24) is 5.09 Å². The molecule has 0 radical (unpaired) electrons. The van der Waals surface area contributed by atoms with Gasteiger partial charge in [0.2, 0.25) is 0 Å². The Bertz CT molecular complexity index is 213. The summed E-state index contributed by atoms with van der Waals surface area (Å²) in [6.45, 7) is 20.1. The number of hydrogen-bond acceptors (Lipinski definition) is 1. The molecule has 0 spiro atoms. The Morgan fingerprint density at radius 1 is 0.929 bits per heavy atom. The molecule has 1 heterocycles. The Kier molecular flexibility index (Phi) is 3.14. The maximum absolute atomic E-state index is 3.76. The van der Waals surface area contributed by atoms with E-state index in [4.69, 9.17) is 0 Å². The standard InChI is InChI=1S/C10H26NPSi2/c1-10(2)11-12(10)9(13(3,4)5)14(6,7)8/h9,11H,1-8H3. The molecular formula is C10H26NPSi2. The van der Waals surface area contributed by atoms with E-state index in [1.807, 2.05) is 0 Å². The topological polar surface area (TPSA) is 21.9 Å². The highest BCUT2D eigenvalue weighted by Gasteiger charge is 2.56. The van der Waals surface area contributed by atoms with Gasteiger partial charge in [-0.1, -0.05) is 39.3 Å². The van der Waals surface area contributed by atoms with Crippen LogP contribution in [0.1, 0.15) is 13.8 Å². The maximum atomic E-state index is 3.76. The normalized spacial score (nSPS) is 26.8. The lowest BCUT2D eigenvalue weighted by atomic mass is 10.4. The fraction of sp³-hybridized carbons (Fsp3) is 1.00. The van der Waals surface area contributed by atoms with Crippen LogP contribution >= 0.6 is 8.07 Å². The Balaban J connectivity index is 2.87. The largest absolute Gasteiger partial charge is 0.284 e. The number of nitrogens with one attached hydrogen (secondary N) is 1. The van der Waals surface area contributed by atoms with Gasteiger partial charge in [-0.3, -0.25) is 5.09 Å². The predicted octanol–water partition coefficient (Wildman–Crippen LogP) is 3.85. The van der Waals surface area contributed by atoms with Gasteiger partial charge in [0.05, 0.1) is 16.1 Å². The lowest BCUT2D eigenvalue weighted by Gasteiger charge is -2.38. The molecule has 0 amide bonds. The van der Waals surface area contributed by atoms with Crippen molar-refractivity contribution in [3.63, 3.8) is 0 Å². The van der Waals surface area contributed by atoms with Gasteiger partial charge in [-0.25, -0.2) is 0 Å². The molecule has 0 aromatic carbocycles. The smallest absolute Gasteiger partial charge is 0.0507 e. The van der Waals surface area contributed by atoms with Crippen molar-refractivity contribution in [2.45, 2.75) is 63.3 Å². The second-order valence-electron chi connectivity index (χ2n) is 7.18. The summed E-state index contributed by atoms with van der Waals surface area (Å²) in [7, 11) is -1.83. The van der Waals surface area contributed by atoms with Crippen molar-refractivity contribution in [1.29, 1.82) is 0 Å². The first-order chi connectivity index (χ1) is 5.96. The molecule has 0 aromatic heterocycles. The molecule has 1 fully saturated rings. The lowest BCUT2D eigenvalue weighted by molar-refractivity contribution is 0.807. The molecule has 1 saturated heterocycles. The molecule has 4 heteroatoms. The first kappa shape index (κ1) is 12.9. The highest BCUT2D eigenvalue weighted by Crippen LogP contribution is 2.67. The molecule has 0 bridgehead atoms. The molecule has 1 rings (SSSR count). The third kappa shape index (κ3) is 2.69. The second kappa shape index (κ2) is 3.41. The van der Waals surface area contributed by atoms with Crippen LogP contribution in [0.3, 0.4) is 0 Å². The van der Waals surface area contributed by atoms with Gasteiger partial charge < -0.3 is 0 Å². The van der Waals surface area contributed by atoms with Gasteiger partial charge in [-0.15, -0.1) is 0 Å². The summed E-state index contributed by atoms with van der Waals surface area (Å²) in [5, 5.41) is 4.24. The van der Waals surface area contributed by atoms with Gasteiger partial charge in [-0.2, -0.15) is 0 Å². The van der Waals surface area contributed by atoms with E-state index in [0.717, 1.165) is 4.91 Å². The Morgan fingerprint density at radius 3 is 1.29 bits per heavy atom. The van der Waals surface area contributed by atoms with Crippen molar-refractivity contribution in [3.8, 4) is 0 Å². The number of hydrogen-bond donors (Lipinski definition) is 1. The zero-order chi connectivity index (χ0) is 11.4. The SMILES string of the molecule is CC1(C)NP1C([Si](C)(C)C)[Si](C)(C)C. The summed E-state index contributed by atoms with van der Waals surface area (Å²) < 4.78 is 0. The molecule has 0 saturated carbocycles. The lowest BCUT2D eigenvalue weighted by Crippen LogP contribution is -2.51. The summed E-state index contributed by atoms with van der Waals surface area (Å²) in [6, 6.07) is 0. The van der Waals surface area contributed by atoms with E-state index in [2.05, 4.69) is 58.2 Å². The van der Waals surface area contributed by atoms with Crippen LogP contribution in [0.4, 0.5) is 0 Å². The molecule has 14 heavy (non-hydrogen) atoms. The Hall–Kier alpha value is 0.824. The molecule has 0 aliphatic carbocycles. The van der Waals surface area contributed by atoms with Crippen molar-refractivity contribution in [2.24, 2.45) is 0 Å². The van der Waals surface area contributed by atoms with Crippen LogP contribution in [0.25, 0.3) is 0 Å². The fourth-order valence-corrected chi connectivity index (χ4v) is 23.1. The van der Waals surface area contributed by atoms with E-state index in [1.54, 1.807) is 0 Å². The minimum Gasteiger partial charge on any atom is -0.284 e. The monoisotopic (exact) mass is 247 g/mol. The van der Waals surface area contributed by atoms with Crippen molar-refractivity contribution in [2.75, 3.05) is 0 Å². The van der Waals surface area contributed by atoms with Crippen molar-refractivity contribution >= 4 is 24.2 Å². The second-order valence-corrected chi connectivity index (χ2v) is 21.9. The van der Waals surface area contributed by atoms with E-state index in [1.165, 1.54) is 0 Å². The van der Waals surface area contributed by atoms with Gasteiger partial charge in [-0.05, 0) is 26.8 Å². The molecular weight excluding hydrogens is 221 g/mol. The van der Waals surface area contributed by atoms with Gasteiger partial charge in [0.1, 0.15) is 0 Å². The summed E-state index contributed by atoms with van der Waals surface area (Å²) in [4.78, 5) is 1.07. The van der Waals surface area contributed by atoms with Crippen LogP contribution in [-0.2, 0) is 0 Å². The van der Waals surface area contributed by atoms with Crippen LogP contribution in [0.5, 0.6) is 0 Å². The zero-order valence-electron chi connectivity index (χ0n) is 11.0. The predicted molar refractivity (Wildman–Crippen MR) is 74.6 cm³/mol. The van der Waals surface area contributed by atoms with Crippen LogP contribution in [0.15, 0.2) is 0 Å². The average molecular weight is 247 g/mol. The van der Waals surface area contributed by atoms with Crippen LogP contribution in [0, 0.1) is 0 Å². The fourth-order valence-electron chi connectivity index (χ4n) is 2.73. The molecule has 84 valence electrons. The molecule has 1 nitrogen and oxygen atoms in total. The summed E-state index contributed by atoms with van der Waals surface area (Å²) in [6.07, 6.45) is 0. The van der Waals surface area contributed by atoms with Crippen LogP contribution in [-0.4, -0.2) is 26.3 Å². The first-order valence-electron chi connectivity index (χ1n) is 5.53. The minimum atomic E-state index is -0.983. The third-order valence-electron chi connectivity index (χ3n) is 2.85. The highest BCUT2D eigenvalue weighted by atomic mass is 31.1. The van der Waals surface area contributed by atoms with E-state index in [9.17, 15) is 0 Å². The van der Waals surface area contributed by atoms with Gasteiger partial charge in [0.15, 0.2) is 0 Å². The molecule has 1 N–H and O–H groups in total. The first-order valence-corrected chi connectivity index (χ1v) is 14.1. The third-order valence-corrected chi connectivity index (χ3v) is 19.9. The molecule has 1 aliphatic rings. The van der Waals surface area contributed by atoms with Gasteiger partial charge >= 0.3 is 0 Å². The summed E-state index contributed by atoms with van der Waals surface area (Å²) >= 11 is 0. The summed E-state index contributed by atoms with van der Waals surface area (Å²) in [5.74, 6) is 0. The Morgan fingerprint density at radius 2 is 1.21 bits per heavy atom. The zero-order valence-corrected chi connectivity index (χ0v) is 13.9. The van der Waals surface area contributed by atoms with E-state index in [-0.39, 0.29) is 8.07 Å². The van der Waals surface area contributed by atoms with Crippen molar-refractivity contribution in [3.05, 3.63) is 0 Å². The molecule has 0 aromatic rings. The maximum Gasteiger partial charge on any atom is 0.0507 e. The van der Waals surface area contributed by atoms with E-state index >= 15 is 0 Å². The average Bonchev–Trinajstić information content (AvgIpc) is 2.29. The van der Waals surface area contributed by atoms with Gasteiger partial charge in [0.25, 0.3) is 0 Å². The summed E-state index contributed by atoms with van der Waals surface area (Å²) in [5.41, 5.74) is 0. The van der Waals surface area contributed by atoms with E-state index < -0.39 is 16.1 Å². The van der Waals surface area contributed by atoms with E-state index in [0.29, 0.717) is 5.28 Å². The molecule has 1 unspecified atom stereocenters.